The van der Waals surface area contributed by atoms with Gasteiger partial charge in [-0.15, -0.1) is 0 Å². The molecule has 1 aromatic carbocycles. The number of carbonyl (C=O) groups is 2. The SMILES string of the molecule is CC(C)(C)C1(C)CN(C(=O)c2nc(Cl)c3cc(Cl)ccc3n2)CCN1C(=O)O. The van der Waals surface area contributed by atoms with Crippen molar-refractivity contribution in [3.05, 3.63) is 34.2 Å². The van der Waals surface area contributed by atoms with Crippen LogP contribution in [0, 0.1) is 5.41 Å². The fraction of sp³-hybridized carbons (Fsp3) is 0.474. The maximum atomic E-state index is 13.1. The van der Waals surface area contributed by atoms with E-state index in [4.69, 9.17) is 23.2 Å². The van der Waals surface area contributed by atoms with Gasteiger partial charge in [0.15, 0.2) is 0 Å². The number of aromatic nitrogens is 2. The van der Waals surface area contributed by atoms with Crippen molar-refractivity contribution in [2.75, 3.05) is 19.6 Å². The van der Waals surface area contributed by atoms with Crippen LogP contribution in [0.25, 0.3) is 10.9 Å². The van der Waals surface area contributed by atoms with Gasteiger partial charge in [0.1, 0.15) is 5.15 Å². The van der Waals surface area contributed by atoms with Crippen LogP contribution in [0.5, 0.6) is 0 Å². The molecular weight excluding hydrogens is 403 g/mol. The van der Waals surface area contributed by atoms with Crippen molar-refractivity contribution in [3.8, 4) is 0 Å². The first-order chi connectivity index (χ1) is 12.9. The molecule has 1 atom stereocenters. The molecule has 1 aromatic heterocycles. The maximum Gasteiger partial charge on any atom is 0.407 e. The molecule has 0 spiro atoms. The molecule has 1 fully saturated rings. The second-order valence-electron chi connectivity index (χ2n) is 8.18. The highest BCUT2D eigenvalue weighted by atomic mass is 35.5. The number of hydrogen-bond acceptors (Lipinski definition) is 4. The third-order valence-corrected chi connectivity index (χ3v) is 6.15. The molecule has 28 heavy (non-hydrogen) atoms. The minimum atomic E-state index is -0.994. The van der Waals surface area contributed by atoms with E-state index in [0.717, 1.165) is 0 Å². The number of carboxylic acid groups (broad SMARTS) is 1. The zero-order chi connectivity index (χ0) is 20.9. The summed E-state index contributed by atoms with van der Waals surface area (Å²) in [5, 5.41) is 10.9. The van der Waals surface area contributed by atoms with Crippen LogP contribution >= 0.6 is 23.2 Å². The highest BCUT2D eigenvalue weighted by Gasteiger charge is 2.49. The predicted octanol–water partition coefficient (Wildman–Crippen LogP) is 4.18. The van der Waals surface area contributed by atoms with E-state index in [1.807, 2.05) is 27.7 Å². The van der Waals surface area contributed by atoms with E-state index in [0.29, 0.717) is 15.9 Å². The lowest BCUT2D eigenvalue weighted by atomic mass is 9.72. The van der Waals surface area contributed by atoms with Crippen LogP contribution in [-0.2, 0) is 0 Å². The molecule has 1 unspecified atom stereocenters. The van der Waals surface area contributed by atoms with E-state index in [2.05, 4.69) is 9.97 Å². The number of halogens is 2. The van der Waals surface area contributed by atoms with Crippen molar-refractivity contribution in [1.29, 1.82) is 0 Å². The van der Waals surface area contributed by atoms with Gasteiger partial charge in [-0.05, 0) is 30.5 Å². The average Bonchev–Trinajstić information content (AvgIpc) is 2.60. The standard InChI is InChI=1S/C19H22Cl2N4O3/c1-18(2,3)19(4)10-24(7-8-25(19)17(27)28)16(26)15-22-13-6-5-11(20)9-12(13)14(21)23-15/h5-6,9H,7-8,10H2,1-4H3,(H,27,28). The van der Waals surface area contributed by atoms with Crippen LogP contribution in [0.3, 0.4) is 0 Å². The van der Waals surface area contributed by atoms with Crippen molar-refractivity contribution >= 4 is 46.1 Å². The second-order valence-corrected chi connectivity index (χ2v) is 8.98. The first-order valence-corrected chi connectivity index (χ1v) is 9.62. The Hall–Kier alpha value is -2.12. The van der Waals surface area contributed by atoms with Gasteiger partial charge in [0.25, 0.3) is 5.91 Å². The molecular formula is C19H22Cl2N4O3. The number of rotatable bonds is 1. The van der Waals surface area contributed by atoms with E-state index in [9.17, 15) is 14.7 Å². The Morgan fingerprint density at radius 1 is 1.18 bits per heavy atom. The number of amides is 2. The Labute approximate surface area is 173 Å². The van der Waals surface area contributed by atoms with Crippen molar-refractivity contribution in [2.45, 2.75) is 33.2 Å². The summed E-state index contributed by atoms with van der Waals surface area (Å²) in [6, 6.07) is 5.00. The van der Waals surface area contributed by atoms with Crippen molar-refractivity contribution in [3.63, 3.8) is 0 Å². The highest BCUT2D eigenvalue weighted by molar-refractivity contribution is 6.35. The molecule has 7 nitrogen and oxygen atoms in total. The number of hydrogen-bond donors (Lipinski definition) is 1. The summed E-state index contributed by atoms with van der Waals surface area (Å²) in [6.07, 6.45) is -0.994. The first-order valence-electron chi connectivity index (χ1n) is 8.87. The molecule has 3 rings (SSSR count). The fourth-order valence-electron chi connectivity index (χ4n) is 3.43. The summed E-state index contributed by atoms with van der Waals surface area (Å²) in [5.41, 5.74) is -0.625. The van der Waals surface area contributed by atoms with Crippen LogP contribution in [0.4, 0.5) is 4.79 Å². The van der Waals surface area contributed by atoms with Gasteiger partial charge in [0, 0.05) is 30.0 Å². The third-order valence-electron chi connectivity index (χ3n) is 5.62. The molecule has 0 saturated carbocycles. The van der Waals surface area contributed by atoms with Gasteiger partial charge in [-0.1, -0.05) is 44.0 Å². The largest absolute Gasteiger partial charge is 0.465 e. The van der Waals surface area contributed by atoms with Gasteiger partial charge in [-0.2, -0.15) is 0 Å². The van der Waals surface area contributed by atoms with Gasteiger partial charge in [-0.25, -0.2) is 14.8 Å². The molecule has 0 radical (unpaired) electrons. The number of nitrogens with zero attached hydrogens (tertiary/aromatic N) is 4. The van der Waals surface area contributed by atoms with Gasteiger partial charge in [0.05, 0.1) is 11.1 Å². The maximum absolute atomic E-state index is 13.1. The Morgan fingerprint density at radius 3 is 2.46 bits per heavy atom. The van der Waals surface area contributed by atoms with Crippen LogP contribution in [0.1, 0.15) is 38.3 Å². The minimum absolute atomic E-state index is 0.0140. The normalized spacial score (nSPS) is 20.5. The van der Waals surface area contributed by atoms with Crippen molar-refractivity contribution in [2.24, 2.45) is 5.41 Å². The molecule has 1 N–H and O–H groups in total. The molecule has 0 bridgehead atoms. The predicted molar refractivity (Wildman–Crippen MR) is 108 cm³/mol. The topological polar surface area (TPSA) is 86.6 Å². The number of fused-ring (bicyclic) bond motifs is 1. The Kier molecular flexibility index (Phi) is 5.18. The number of benzene rings is 1. The van der Waals surface area contributed by atoms with Gasteiger partial charge in [-0.3, -0.25) is 9.69 Å². The van der Waals surface area contributed by atoms with E-state index in [-0.39, 0.29) is 41.9 Å². The first kappa shape index (κ1) is 20.6. The minimum Gasteiger partial charge on any atom is -0.465 e. The Morgan fingerprint density at radius 2 is 1.86 bits per heavy atom. The molecule has 2 amide bonds. The van der Waals surface area contributed by atoms with Crippen LogP contribution < -0.4 is 0 Å². The van der Waals surface area contributed by atoms with E-state index >= 15 is 0 Å². The molecule has 2 aromatic rings. The molecule has 1 aliphatic rings. The van der Waals surface area contributed by atoms with Gasteiger partial charge < -0.3 is 10.0 Å². The zero-order valence-electron chi connectivity index (χ0n) is 16.2. The molecule has 1 saturated heterocycles. The molecule has 2 heterocycles. The van der Waals surface area contributed by atoms with E-state index < -0.39 is 11.6 Å². The van der Waals surface area contributed by atoms with Crippen molar-refractivity contribution < 1.29 is 14.7 Å². The Balaban J connectivity index is 1.96. The summed E-state index contributed by atoms with van der Waals surface area (Å²) in [4.78, 5) is 36.4. The van der Waals surface area contributed by atoms with Crippen LogP contribution in [0.15, 0.2) is 18.2 Å². The van der Waals surface area contributed by atoms with Crippen molar-refractivity contribution in [1.82, 2.24) is 19.8 Å². The average molecular weight is 425 g/mol. The lowest BCUT2D eigenvalue weighted by molar-refractivity contribution is -0.0373. The fourth-order valence-corrected chi connectivity index (χ4v) is 3.83. The van der Waals surface area contributed by atoms with Crippen LogP contribution in [-0.4, -0.2) is 62.0 Å². The molecule has 150 valence electrons. The quantitative estimate of drug-likeness (QED) is 0.693. The summed E-state index contributed by atoms with van der Waals surface area (Å²) in [6.45, 7) is 8.46. The smallest absolute Gasteiger partial charge is 0.407 e. The second kappa shape index (κ2) is 7.04. The van der Waals surface area contributed by atoms with Crippen LogP contribution in [0.2, 0.25) is 10.2 Å². The number of carbonyl (C=O) groups excluding carboxylic acids is 1. The van der Waals surface area contributed by atoms with E-state index in [1.54, 1.807) is 23.1 Å². The summed E-state index contributed by atoms with van der Waals surface area (Å²) in [7, 11) is 0. The monoisotopic (exact) mass is 424 g/mol. The Bertz CT molecular complexity index is 960. The summed E-state index contributed by atoms with van der Waals surface area (Å²) < 4.78 is 0. The third kappa shape index (κ3) is 3.49. The van der Waals surface area contributed by atoms with Gasteiger partial charge >= 0.3 is 6.09 Å². The highest BCUT2D eigenvalue weighted by Crippen LogP contribution is 2.38. The number of piperazine rings is 1. The molecule has 0 aliphatic carbocycles. The van der Waals surface area contributed by atoms with E-state index in [1.165, 1.54) is 4.90 Å². The molecule has 1 aliphatic heterocycles. The lowest BCUT2D eigenvalue weighted by Crippen LogP contribution is -2.68. The zero-order valence-corrected chi connectivity index (χ0v) is 17.7. The van der Waals surface area contributed by atoms with Gasteiger partial charge in [0.2, 0.25) is 5.82 Å². The molecule has 9 heteroatoms. The lowest BCUT2D eigenvalue weighted by Gasteiger charge is -2.54. The summed E-state index contributed by atoms with van der Waals surface area (Å²) >= 11 is 12.2. The summed E-state index contributed by atoms with van der Waals surface area (Å²) in [5.74, 6) is -0.390.